The van der Waals surface area contributed by atoms with E-state index in [1.807, 2.05) is 0 Å². The van der Waals surface area contributed by atoms with Gasteiger partial charge in [0, 0.05) is 11.1 Å². The lowest BCUT2D eigenvalue weighted by Crippen LogP contribution is -2.42. The Balaban J connectivity index is 2.20. The number of nitriles is 1. The van der Waals surface area contributed by atoms with Gasteiger partial charge in [-0.3, -0.25) is 0 Å². The lowest BCUT2D eigenvalue weighted by atomic mass is 9.53. The molecule has 82 valence electrons. The maximum Gasteiger partial charge on any atom is 0.0971 e. The summed E-state index contributed by atoms with van der Waals surface area (Å²) in [6, 6.07) is 2.38. The average molecular weight is 212 g/mol. The largest absolute Gasteiger partial charge is 0.401 e. The number of nitrogens with zero attached hydrogens (tertiary/aromatic N) is 1. The van der Waals surface area contributed by atoms with Crippen LogP contribution >= 0.6 is 0 Å². The Hall–Kier alpha value is -1.49. The first kappa shape index (κ1) is 9.72. The SMILES string of the molecule is N#CC1=C(N)CC23CC=CCC12CC=CC3. The van der Waals surface area contributed by atoms with Crippen molar-refractivity contribution in [2.75, 3.05) is 0 Å². The van der Waals surface area contributed by atoms with E-state index in [0.29, 0.717) is 0 Å². The van der Waals surface area contributed by atoms with E-state index in [0.717, 1.165) is 43.4 Å². The molecule has 0 spiro atoms. The molecule has 0 aromatic rings. The molecule has 0 aromatic heterocycles. The first-order valence-electron chi connectivity index (χ1n) is 5.93. The van der Waals surface area contributed by atoms with E-state index in [1.54, 1.807) is 0 Å². The van der Waals surface area contributed by atoms with E-state index >= 15 is 0 Å². The third-order valence-corrected chi connectivity index (χ3v) is 4.74. The van der Waals surface area contributed by atoms with Crippen molar-refractivity contribution in [2.24, 2.45) is 16.6 Å². The molecule has 16 heavy (non-hydrogen) atoms. The first-order valence-corrected chi connectivity index (χ1v) is 5.93. The quantitative estimate of drug-likeness (QED) is 0.628. The molecule has 3 rings (SSSR count). The van der Waals surface area contributed by atoms with Gasteiger partial charge >= 0.3 is 0 Å². The Morgan fingerprint density at radius 2 is 1.62 bits per heavy atom. The Bertz CT molecular complexity index is 442. The number of hydrogen-bond acceptors (Lipinski definition) is 2. The average Bonchev–Trinajstić information content (AvgIpc) is 2.56. The van der Waals surface area contributed by atoms with Crippen LogP contribution in [0.15, 0.2) is 35.6 Å². The van der Waals surface area contributed by atoms with Crippen molar-refractivity contribution >= 4 is 0 Å². The zero-order chi connectivity index (χ0) is 11.2. The van der Waals surface area contributed by atoms with Crippen LogP contribution < -0.4 is 5.73 Å². The molecule has 0 bridgehead atoms. The molecular formula is C14H16N2. The van der Waals surface area contributed by atoms with E-state index in [9.17, 15) is 5.26 Å². The monoisotopic (exact) mass is 212 g/mol. The van der Waals surface area contributed by atoms with Crippen LogP contribution in [0.25, 0.3) is 0 Å². The smallest absolute Gasteiger partial charge is 0.0971 e. The van der Waals surface area contributed by atoms with Crippen molar-refractivity contribution in [3.63, 3.8) is 0 Å². The van der Waals surface area contributed by atoms with Gasteiger partial charge in [-0.25, -0.2) is 0 Å². The summed E-state index contributed by atoms with van der Waals surface area (Å²) in [6.45, 7) is 0. The number of nitrogens with two attached hydrogens (primary N) is 1. The van der Waals surface area contributed by atoms with Crippen LogP contribution in [0.5, 0.6) is 0 Å². The van der Waals surface area contributed by atoms with Crippen molar-refractivity contribution in [3.05, 3.63) is 35.6 Å². The topological polar surface area (TPSA) is 49.8 Å². The zero-order valence-electron chi connectivity index (χ0n) is 9.37. The molecule has 2 nitrogen and oxygen atoms in total. The van der Waals surface area contributed by atoms with Crippen LogP contribution in [-0.4, -0.2) is 0 Å². The Kier molecular flexibility index (Phi) is 1.83. The van der Waals surface area contributed by atoms with E-state index < -0.39 is 0 Å². The second kappa shape index (κ2) is 3.01. The summed E-state index contributed by atoms with van der Waals surface area (Å²) in [5.41, 5.74) is 8.06. The summed E-state index contributed by atoms with van der Waals surface area (Å²) >= 11 is 0. The molecule has 0 aromatic carbocycles. The highest BCUT2D eigenvalue weighted by atomic mass is 14.7. The van der Waals surface area contributed by atoms with Crippen molar-refractivity contribution in [3.8, 4) is 6.07 Å². The molecular weight excluding hydrogens is 196 g/mol. The fourth-order valence-electron chi connectivity index (χ4n) is 3.90. The molecule has 0 saturated heterocycles. The van der Waals surface area contributed by atoms with Gasteiger partial charge in [0.05, 0.1) is 11.6 Å². The fraction of sp³-hybridized carbons (Fsp3) is 0.500. The van der Waals surface area contributed by atoms with Gasteiger partial charge in [0.2, 0.25) is 0 Å². The molecule has 3 aliphatic carbocycles. The standard InChI is InChI=1S/C14H16N2/c15-10-11-12(16)9-13-5-1-3-7-14(11,13)8-4-2-6-13/h1-4H,5-9,16H2. The van der Waals surface area contributed by atoms with Gasteiger partial charge in [-0.05, 0) is 37.5 Å². The highest BCUT2D eigenvalue weighted by molar-refractivity contribution is 5.46. The van der Waals surface area contributed by atoms with Crippen molar-refractivity contribution in [1.82, 2.24) is 0 Å². The predicted octanol–water partition coefficient (Wildman–Crippen LogP) is 2.80. The predicted molar refractivity (Wildman–Crippen MR) is 63.1 cm³/mol. The van der Waals surface area contributed by atoms with Crippen LogP contribution in [0.1, 0.15) is 32.1 Å². The number of allylic oxidation sites excluding steroid dienone is 6. The molecule has 0 saturated carbocycles. The maximum atomic E-state index is 9.37. The lowest BCUT2D eigenvalue weighted by Gasteiger charge is -2.49. The van der Waals surface area contributed by atoms with Gasteiger partial charge in [-0.15, -0.1) is 0 Å². The molecule has 3 aliphatic rings. The van der Waals surface area contributed by atoms with Gasteiger partial charge in [-0.1, -0.05) is 24.3 Å². The summed E-state index contributed by atoms with van der Waals surface area (Å²) in [4.78, 5) is 0. The Morgan fingerprint density at radius 3 is 2.19 bits per heavy atom. The summed E-state index contributed by atoms with van der Waals surface area (Å²) in [6.07, 6.45) is 14.0. The van der Waals surface area contributed by atoms with Crippen LogP contribution in [0.3, 0.4) is 0 Å². The molecule has 0 amide bonds. The van der Waals surface area contributed by atoms with Crippen LogP contribution in [0.2, 0.25) is 0 Å². The second-order valence-corrected chi connectivity index (χ2v) is 5.31. The van der Waals surface area contributed by atoms with E-state index in [2.05, 4.69) is 30.4 Å². The highest BCUT2D eigenvalue weighted by Crippen LogP contribution is 2.65. The van der Waals surface area contributed by atoms with E-state index in [1.165, 1.54) is 0 Å². The van der Waals surface area contributed by atoms with Gasteiger partial charge in [0.25, 0.3) is 0 Å². The zero-order valence-corrected chi connectivity index (χ0v) is 9.37. The minimum absolute atomic E-state index is 0.0231. The maximum absolute atomic E-state index is 9.37. The minimum atomic E-state index is 0.0231. The minimum Gasteiger partial charge on any atom is -0.401 e. The van der Waals surface area contributed by atoms with Gasteiger partial charge < -0.3 is 5.73 Å². The molecule has 0 radical (unpaired) electrons. The third kappa shape index (κ3) is 0.917. The molecule has 0 unspecified atom stereocenters. The van der Waals surface area contributed by atoms with Crippen LogP contribution in [0.4, 0.5) is 0 Å². The summed E-state index contributed by atoms with van der Waals surface area (Å²) in [5, 5.41) is 9.37. The van der Waals surface area contributed by atoms with Crippen molar-refractivity contribution in [2.45, 2.75) is 32.1 Å². The normalized spacial score (nSPS) is 40.4. The third-order valence-electron chi connectivity index (χ3n) is 4.74. The summed E-state index contributed by atoms with van der Waals surface area (Å²) in [7, 11) is 0. The van der Waals surface area contributed by atoms with Crippen LogP contribution in [0, 0.1) is 22.2 Å². The Labute approximate surface area is 96.1 Å². The second-order valence-electron chi connectivity index (χ2n) is 5.31. The molecule has 2 N–H and O–H groups in total. The van der Waals surface area contributed by atoms with Gasteiger partial charge in [-0.2, -0.15) is 5.26 Å². The molecule has 0 atom stereocenters. The van der Waals surface area contributed by atoms with E-state index in [4.69, 9.17) is 5.73 Å². The summed E-state index contributed by atoms with van der Waals surface area (Å²) < 4.78 is 0. The highest BCUT2D eigenvalue weighted by Gasteiger charge is 2.58. The van der Waals surface area contributed by atoms with E-state index in [-0.39, 0.29) is 10.8 Å². The van der Waals surface area contributed by atoms with Crippen LogP contribution in [-0.2, 0) is 0 Å². The fourth-order valence-corrected chi connectivity index (χ4v) is 3.90. The van der Waals surface area contributed by atoms with Gasteiger partial charge in [0.15, 0.2) is 0 Å². The number of rotatable bonds is 0. The van der Waals surface area contributed by atoms with Crippen molar-refractivity contribution < 1.29 is 0 Å². The summed E-state index contributed by atoms with van der Waals surface area (Å²) in [5.74, 6) is 0. The first-order chi connectivity index (χ1) is 7.74. The molecule has 0 fully saturated rings. The molecule has 2 heteroatoms. The van der Waals surface area contributed by atoms with Gasteiger partial charge in [0.1, 0.15) is 0 Å². The number of hydrogen-bond donors (Lipinski definition) is 1. The van der Waals surface area contributed by atoms with Crippen molar-refractivity contribution in [1.29, 1.82) is 5.26 Å². The lowest BCUT2D eigenvalue weighted by molar-refractivity contribution is 0.0847. The Morgan fingerprint density at radius 1 is 1.06 bits per heavy atom. The molecule has 0 aliphatic heterocycles. The molecule has 0 heterocycles.